The van der Waals surface area contributed by atoms with Crippen molar-refractivity contribution in [2.75, 3.05) is 26.2 Å². The van der Waals surface area contributed by atoms with Crippen molar-refractivity contribution in [1.82, 2.24) is 21.3 Å². The van der Waals surface area contributed by atoms with Crippen LogP contribution < -0.4 is 21.3 Å². The number of nitrogens with one attached hydrogen (secondary N) is 4. The molecule has 0 unspecified atom stereocenters. The van der Waals surface area contributed by atoms with Gasteiger partial charge in [0.1, 0.15) is 11.2 Å². The minimum Gasteiger partial charge on any atom is -0.444 e. The maximum atomic E-state index is 12.5. The summed E-state index contributed by atoms with van der Waals surface area (Å²) in [6, 6.07) is -1.11. The van der Waals surface area contributed by atoms with Crippen molar-refractivity contribution in [2.24, 2.45) is 11.8 Å². The Balaban J connectivity index is 0.000000360. The average molecular weight is 537 g/mol. The predicted molar refractivity (Wildman–Crippen MR) is 120 cm³/mol. The Morgan fingerprint density at radius 3 is 1.19 bits per heavy atom. The van der Waals surface area contributed by atoms with Crippen molar-refractivity contribution in [1.29, 1.82) is 0 Å². The summed E-state index contributed by atoms with van der Waals surface area (Å²) < 4.78 is 85.2. The Kier molecular flexibility index (Phi) is 11.2. The van der Waals surface area contributed by atoms with Crippen LogP contribution in [0.2, 0.25) is 0 Å². The molecule has 8 nitrogen and oxygen atoms in total. The van der Waals surface area contributed by atoms with Gasteiger partial charge in [0.05, 0.1) is 11.8 Å². The standard InChI is InChI=1S/2C11H19F3N2O2/c2*1-10(2,3)18-9(17)16-8-4-7(5-15-6-8)11(12,13)14/h2*7-8,15H,4-6H2,1-3H3,(H,16,17)/t2*7-,8+/m10/s1. The highest BCUT2D eigenvalue weighted by atomic mass is 19.4. The molecule has 0 spiro atoms. The quantitative estimate of drug-likeness (QED) is 0.397. The highest BCUT2D eigenvalue weighted by molar-refractivity contribution is 5.68. The molecule has 2 rings (SSSR count). The largest absolute Gasteiger partial charge is 0.444 e. The SMILES string of the molecule is CC(C)(C)OC(=O)N[C@@H]1CNC[C@H](C(F)(F)F)C1.CC(C)(C)OC(=O)N[C@H]1CNC[C@@H](C(F)(F)F)C1. The third-order valence-corrected chi connectivity index (χ3v) is 5.07. The van der Waals surface area contributed by atoms with Gasteiger partial charge in [-0.1, -0.05) is 0 Å². The lowest BCUT2D eigenvalue weighted by molar-refractivity contribution is -0.180. The van der Waals surface area contributed by atoms with Gasteiger partial charge in [0.15, 0.2) is 0 Å². The minimum atomic E-state index is -4.23. The number of hydrogen-bond acceptors (Lipinski definition) is 6. The van der Waals surface area contributed by atoms with Gasteiger partial charge in [-0.25, -0.2) is 9.59 Å². The molecule has 0 aromatic heterocycles. The molecule has 2 aliphatic rings. The van der Waals surface area contributed by atoms with Gasteiger partial charge in [-0.05, 0) is 54.4 Å². The summed E-state index contributed by atoms with van der Waals surface area (Å²) in [4.78, 5) is 22.9. The van der Waals surface area contributed by atoms with E-state index in [9.17, 15) is 35.9 Å². The summed E-state index contributed by atoms with van der Waals surface area (Å²) in [7, 11) is 0. The zero-order valence-corrected chi connectivity index (χ0v) is 21.5. The Morgan fingerprint density at radius 2 is 0.944 bits per heavy atom. The lowest BCUT2D eigenvalue weighted by Crippen LogP contribution is -2.52. The van der Waals surface area contributed by atoms with Crippen molar-refractivity contribution in [2.45, 2.75) is 90.0 Å². The number of alkyl halides is 6. The summed E-state index contributed by atoms with van der Waals surface area (Å²) in [6.07, 6.45) is -10.1. The van der Waals surface area contributed by atoms with Gasteiger partial charge in [-0.15, -0.1) is 0 Å². The van der Waals surface area contributed by atoms with Crippen LogP contribution in [0, 0.1) is 11.8 Å². The van der Waals surface area contributed by atoms with Crippen molar-refractivity contribution < 1.29 is 45.4 Å². The fourth-order valence-corrected chi connectivity index (χ4v) is 3.55. The van der Waals surface area contributed by atoms with Gasteiger partial charge in [0, 0.05) is 38.3 Å². The topological polar surface area (TPSA) is 101 Å². The van der Waals surface area contributed by atoms with Gasteiger partial charge in [0.2, 0.25) is 0 Å². The molecule has 212 valence electrons. The van der Waals surface area contributed by atoms with Crippen LogP contribution in [-0.2, 0) is 9.47 Å². The van der Waals surface area contributed by atoms with Gasteiger partial charge in [0.25, 0.3) is 0 Å². The second kappa shape index (κ2) is 12.5. The molecule has 2 heterocycles. The summed E-state index contributed by atoms with van der Waals surface area (Å²) >= 11 is 0. The van der Waals surface area contributed by atoms with E-state index in [0.29, 0.717) is 13.1 Å². The monoisotopic (exact) mass is 536 g/mol. The molecule has 2 saturated heterocycles. The number of carbonyl (C=O) groups excluding carboxylic acids is 2. The molecule has 0 aliphatic carbocycles. The van der Waals surface area contributed by atoms with E-state index in [-0.39, 0.29) is 25.9 Å². The van der Waals surface area contributed by atoms with Crippen molar-refractivity contribution in [3.05, 3.63) is 0 Å². The maximum absolute atomic E-state index is 12.5. The van der Waals surface area contributed by atoms with E-state index in [1.54, 1.807) is 41.5 Å². The number of hydrogen-bond donors (Lipinski definition) is 4. The highest BCUT2D eigenvalue weighted by Crippen LogP contribution is 2.31. The molecule has 0 aromatic rings. The van der Waals surface area contributed by atoms with E-state index in [4.69, 9.17) is 9.47 Å². The Hall–Kier alpha value is -1.96. The zero-order valence-electron chi connectivity index (χ0n) is 21.5. The van der Waals surface area contributed by atoms with Gasteiger partial charge >= 0.3 is 24.5 Å². The average Bonchev–Trinajstić information content (AvgIpc) is 2.64. The molecule has 0 aromatic carbocycles. The third-order valence-electron chi connectivity index (χ3n) is 5.07. The lowest BCUT2D eigenvalue weighted by Gasteiger charge is -2.32. The zero-order chi connectivity index (χ0) is 27.9. The number of halogens is 6. The van der Waals surface area contributed by atoms with Gasteiger partial charge < -0.3 is 30.7 Å². The Bertz CT molecular complexity index is 659. The highest BCUT2D eigenvalue weighted by Gasteiger charge is 2.43. The third kappa shape index (κ3) is 13.4. The molecule has 36 heavy (non-hydrogen) atoms. The molecular weight excluding hydrogens is 498 g/mol. The minimum absolute atomic E-state index is 0.101. The molecule has 0 saturated carbocycles. The number of piperidine rings is 2. The van der Waals surface area contributed by atoms with Gasteiger partial charge in [-0.3, -0.25) is 0 Å². The molecule has 4 atom stereocenters. The first kappa shape index (κ1) is 32.1. The number of rotatable bonds is 2. The predicted octanol–water partition coefficient (Wildman–Crippen LogP) is 4.10. The van der Waals surface area contributed by atoms with E-state index in [0.717, 1.165) is 0 Å². The molecule has 2 aliphatic heterocycles. The van der Waals surface area contributed by atoms with Crippen LogP contribution in [0.4, 0.5) is 35.9 Å². The molecular formula is C22H38F6N4O4. The number of carbonyl (C=O) groups is 2. The van der Waals surface area contributed by atoms with Crippen molar-refractivity contribution in [3.8, 4) is 0 Å². The van der Waals surface area contributed by atoms with Crippen LogP contribution in [0.1, 0.15) is 54.4 Å². The fraction of sp³-hybridized carbons (Fsp3) is 0.909. The molecule has 0 radical (unpaired) electrons. The molecule has 4 N–H and O–H groups in total. The van der Waals surface area contributed by atoms with Crippen LogP contribution >= 0.6 is 0 Å². The second-order valence-electron chi connectivity index (χ2n) is 11.0. The molecule has 2 amide bonds. The first-order valence-corrected chi connectivity index (χ1v) is 11.7. The van der Waals surface area contributed by atoms with Crippen LogP contribution in [0.5, 0.6) is 0 Å². The van der Waals surface area contributed by atoms with E-state index in [1.165, 1.54) is 0 Å². The summed E-state index contributed by atoms with van der Waals surface area (Å²) in [6.45, 7) is 10.6. The number of ether oxygens (including phenoxy) is 2. The number of amides is 2. The second-order valence-corrected chi connectivity index (χ2v) is 11.0. The summed E-state index contributed by atoms with van der Waals surface area (Å²) in [5, 5.41) is 10.2. The molecule has 2 fully saturated rings. The normalized spacial score (nSPS) is 25.7. The van der Waals surface area contributed by atoms with Crippen molar-refractivity contribution in [3.63, 3.8) is 0 Å². The van der Waals surface area contributed by atoms with E-state index >= 15 is 0 Å². The number of alkyl carbamates (subject to hydrolysis) is 2. The Morgan fingerprint density at radius 1 is 0.639 bits per heavy atom. The van der Waals surface area contributed by atoms with Crippen molar-refractivity contribution >= 4 is 12.2 Å². The first-order chi connectivity index (χ1) is 16.2. The van der Waals surface area contributed by atoms with Crippen LogP contribution in [-0.4, -0.2) is 74.0 Å². The first-order valence-electron chi connectivity index (χ1n) is 11.7. The Labute approximate surface area is 207 Å². The van der Waals surface area contributed by atoms with E-state index < -0.39 is 59.7 Å². The van der Waals surface area contributed by atoms with E-state index in [1.807, 2.05) is 0 Å². The molecule has 0 bridgehead atoms. The maximum Gasteiger partial charge on any atom is 0.407 e. The molecule has 14 heteroatoms. The van der Waals surface area contributed by atoms with Gasteiger partial charge in [-0.2, -0.15) is 26.3 Å². The van der Waals surface area contributed by atoms with Crippen LogP contribution in [0.25, 0.3) is 0 Å². The van der Waals surface area contributed by atoms with Crippen LogP contribution in [0.3, 0.4) is 0 Å². The summed E-state index contributed by atoms with van der Waals surface area (Å²) in [5.74, 6) is -2.85. The summed E-state index contributed by atoms with van der Waals surface area (Å²) in [5.41, 5.74) is -1.31. The van der Waals surface area contributed by atoms with E-state index in [2.05, 4.69) is 21.3 Å². The lowest BCUT2D eigenvalue weighted by atomic mass is 9.95. The van der Waals surface area contributed by atoms with Crippen LogP contribution in [0.15, 0.2) is 0 Å². The smallest absolute Gasteiger partial charge is 0.407 e. The fourth-order valence-electron chi connectivity index (χ4n) is 3.55.